The van der Waals surface area contributed by atoms with Crippen LogP contribution in [0.4, 0.5) is 4.79 Å². The summed E-state index contributed by atoms with van der Waals surface area (Å²) in [6.45, 7) is 2.13. The molecule has 2 saturated heterocycles. The van der Waals surface area contributed by atoms with Gasteiger partial charge in [-0.1, -0.05) is 0 Å². The predicted octanol–water partition coefficient (Wildman–Crippen LogP) is 1.09. The van der Waals surface area contributed by atoms with Crippen LogP contribution in [0.2, 0.25) is 0 Å². The van der Waals surface area contributed by atoms with E-state index in [0.29, 0.717) is 19.3 Å². The molecule has 3 aliphatic rings. The smallest absolute Gasteiger partial charge is 0.318 e. The Balaban J connectivity index is 1.63. The van der Waals surface area contributed by atoms with Gasteiger partial charge in [-0.05, 0) is 32.1 Å². The molecule has 5 nitrogen and oxygen atoms in total. The van der Waals surface area contributed by atoms with Gasteiger partial charge in [0.2, 0.25) is 0 Å². The van der Waals surface area contributed by atoms with Crippen molar-refractivity contribution in [2.75, 3.05) is 19.8 Å². The highest BCUT2D eigenvalue weighted by molar-refractivity contribution is 5.75. The summed E-state index contributed by atoms with van der Waals surface area (Å²) in [6, 6.07) is 0.580. The second-order valence-corrected chi connectivity index (χ2v) is 5.09. The zero-order chi connectivity index (χ0) is 11.7. The Hall–Kier alpha value is -0.810. The van der Waals surface area contributed by atoms with Crippen LogP contribution < -0.4 is 5.32 Å². The van der Waals surface area contributed by atoms with Crippen molar-refractivity contribution in [3.05, 3.63) is 0 Å². The molecule has 0 radical (unpaired) electrons. The van der Waals surface area contributed by atoms with Crippen LogP contribution in [-0.2, 0) is 9.47 Å². The topological polar surface area (TPSA) is 50.8 Å². The van der Waals surface area contributed by atoms with Crippen molar-refractivity contribution in [1.82, 2.24) is 10.2 Å². The van der Waals surface area contributed by atoms with E-state index in [0.717, 1.165) is 38.6 Å². The van der Waals surface area contributed by atoms with Gasteiger partial charge in [0.1, 0.15) is 0 Å². The maximum atomic E-state index is 12.1. The van der Waals surface area contributed by atoms with Gasteiger partial charge in [0.15, 0.2) is 6.29 Å². The number of urea groups is 1. The normalized spacial score (nSPS) is 30.6. The lowest BCUT2D eigenvalue weighted by atomic mass is 10.0. The number of nitrogens with zero attached hydrogens (tertiary/aromatic N) is 1. The summed E-state index contributed by atoms with van der Waals surface area (Å²) < 4.78 is 11.1. The number of hydrogen-bond acceptors (Lipinski definition) is 3. The van der Waals surface area contributed by atoms with E-state index in [2.05, 4.69) is 5.32 Å². The third-order valence-corrected chi connectivity index (χ3v) is 3.68. The minimum absolute atomic E-state index is 0.0660. The fourth-order valence-corrected chi connectivity index (χ4v) is 2.58. The number of rotatable bonds is 2. The van der Waals surface area contributed by atoms with Crippen LogP contribution in [0.5, 0.6) is 0 Å². The minimum atomic E-state index is -0.208. The number of amides is 2. The Bertz CT molecular complexity index is 287. The van der Waals surface area contributed by atoms with Crippen LogP contribution >= 0.6 is 0 Å². The second kappa shape index (κ2) is 4.82. The van der Waals surface area contributed by atoms with Gasteiger partial charge in [0, 0.05) is 12.6 Å². The summed E-state index contributed by atoms with van der Waals surface area (Å²) in [5, 5.41) is 3.05. The Labute approximate surface area is 101 Å². The summed E-state index contributed by atoms with van der Waals surface area (Å²) in [4.78, 5) is 14.0. The molecule has 1 atom stereocenters. The Morgan fingerprint density at radius 1 is 1.12 bits per heavy atom. The van der Waals surface area contributed by atoms with E-state index in [9.17, 15) is 4.79 Å². The summed E-state index contributed by atoms with van der Waals surface area (Å²) in [5.74, 6) is 0. The van der Waals surface area contributed by atoms with Crippen molar-refractivity contribution in [3.63, 3.8) is 0 Å². The van der Waals surface area contributed by atoms with Crippen LogP contribution in [0, 0.1) is 0 Å². The molecule has 17 heavy (non-hydrogen) atoms. The number of carbonyl (C=O) groups is 1. The number of likely N-dealkylation sites (tertiary alicyclic amines) is 1. The summed E-state index contributed by atoms with van der Waals surface area (Å²) >= 11 is 0. The molecule has 0 aromatic carbocycles. The summed E-state index contributed by atoms with van der Waals surface area (Å²) in [7, 11) is 0. The van der Waals surface area contributed by atoms with Gasteiger partial charge < -0.3 is 19.7 Å². The lowest BCUT2D eigenvalue weighted by Gasteiger charge is -2.37. The highest BCUT2D eigenvalue weighted by atomic mass is 16.7. The number of piperidine rings is 1. The van der Waals surface area contributed by atoms with Crippen molar-refractivity contribution in [2.45, 2.75) is 50.5 Å². The summed E-state index contributed by atoms with van der Waals surface area (Å²) in [6.07, 6.45) is 5.27. The number of carbonyl (C=O) groups excluding carboxylic acids is 1. The molecule has 0 bridgehead atoms. The van der Waals surface area contributed by atoms with Gasteiger partial charge in [-0.15, -0.1) is 0 Å². The van der Waals surface area contributed by atoms with Crippen LogP contribution in [0.3, 0.4) is 0 Å². The molecule has 1 saturated carbocycles. The number of nitrogens with one attached hydrogen (secondary N) is 1. The first kappa shape index (κ1) is 11.3. The highest BCUT2D eigenvalue weighted by Gasteiger charge is 2.37. The van der Waals surface area contributed by atoms with Crippen molar-refractivity contribution < 1.29 is 14.3 Å². The first-order valence-electron chi connectivity index (χ1n) is 6.65. The molecule has 0 aromatic rings. The molecule has 1 aliphatic carbocycles. The Morgan fingerprint density at radius 3 is 2.59 bits per heavy atom. The molecular formula is C12H20N2O3. The molecule has 3 rings (SSSR count). The monoisotopic (exact) mass is 240 g/mol. The molecule has 0 spiro atoms. The third kappa shape index (κ3) is 2.55. The maximum absolute atomic E-state index is 12.1. The average Bonchev–Trinajstić information content (AvgIpc) is 3.00. The first-order valence-corrected chi connectivity index (χ1v) is 6.65. The molecule has 3 fully saturated rings. The second-order valence-electron chi connectivity index (χ2n) is 5.09. The van der Waals surface area contributed by atoms with E-state index in [1.54, 1.807) is 0 Å². The largest absolute Gasteiger partial charge is 0.348 e. The van der Waals surface area contributed by atoms with Crippen molar-refractivity contribution in [2.24, 2.45) is 0 Å². The standard InChI is InChI=1S/C12H20N2O3/c15-12(13-9-4-5-9)14-6-2-1-3-10(14)11-16-7-8-17-11/h9-11H,1-8H2,(H,13,15). The van der Waals surface area contributed by atoms with Gasteiger partial charge in [-0.3, -0.25) is 0 Å². The van der Waals surface area contributed by atoms with Gasteiger partial charge >= 0.3 is 6.03 Å². The number of hydrogen-bond donors (Lipinski definition) is 1. The molecule has 5 heteroatoms. The fourth-order valence-electron chi connectivity index (χ4n) is 2.58. The van der Waals surface area contributed by atoms with E-state index in [1.807, 2.05) is 4.90 Å². The van der Waals surface area contributed by atoms with E-state index >= 15 is 0 Å². The van der Waals surface area contributed by atoms with Gasteiger partial charge in [0.25, 0.3) is 0 Å². The van der Waals surface area contributed by atoms with E-state index < -0.39 is 0 Å². The van der Waals surface area contributed by atoms with Gasteiger partial charge in [0.05, 0.1) is 19.3 Å². The van der Waals surface area contributed by atoms with Crippen LogP contribution in [-0.4, -0.2) is 49.1 Å². The zero-order valence-electron chi connectivity index (χ0n) is 10.1. The molecule has 0 aromatic heterocycles. The maximum Gasteiger partial charge on any atom is 0.318 e. The van der Waals surface area contributed by atoms with Crippen LogP contribution in [0.15, 0.2) is 0 Å². The Morgan fingerprint density at radius 2 is 1.88 bits per heavy atom. The predicted molar refractivity (Wildman–Crippen MR) is 61.6 cm³/mol. The zero-order valence-corrected chi connectivity index (χ0v) is 10.1. The average molecular weight is 240 g/mol. The summed E-state index contributed by atoms with van der Waals surface area (Å²) in [5.41, 5.74) is 0. The van der Waals surface area contributed by atoms with Crippen LogP contribution in [0.1, 0.15) is 32.1 Å². The van der Waals surface area contributed by atoms with Crippen molar-refractivity contribution in [1.29, 1.82) is 0 Å². The Kier molecular flexibility index (Phi) is 3.20. The first-order chi connectivity index (χ1) is 8.34. The van der Waals surface area contributed by atoms with E-state index in [4.69, 9.17) is 9.47 Å². The third-order valence-electron chi connectivity index (χ3n) is 3.68. The van der Waals surface area contributed by atoms with Crippen molar-refractivity contribution >= 4 is 6.03 Å². The molecule has 96 valence electrons. The SMILES string of the molecule is O=C(NC1CC1)N1CCCCC1C1OCCO1. The quantitative estimate of drug-likeness (QED) is 0.786. The minimum Gasteiger partial charge on any atom is -0.348 e. The van der Waals surface area contributed by atoms with E-state index in [-0.39, 0.29) is 18.4 Å². The lowest BCUT2D eigenvalue weighted by molar-refractivity contribution is -0.0983. The molecule has 2 amide bonds. The molecule has 2 aliphatic heterocycles. The molecule has 2 heterocycles. The van der Waals surface area contributed by atoms with Crippen molar-refractivity contribution in [3.8, 4) is 0 Å². The molecule has 1 N–H and O–H groups in total. The van der Waals surface area contributed by atoms with Gasteiger partial charge in [-0.2, -0.15) is 0 Å². The fraction of sp³-hybridized carbons (Fsp3) is 0.917. The van der Waals surface area contributed by atoms with Crippen LogP contribution in [0.25, 0.3) is 0 Å². The highest BCUT2D eigenvalue weighted by Crippen LogP contribution is 2.26. The molecule has 1 unspecified atom stereocenters. The lowest BCUT2D eigenvalue weighted by Crippen LogP contribution is -2.53. The van der Waals surface area contributed by atoms with Gasteiger partial charge in [-0.25, -0.2) is 4.79 Å². The number of ether oxygens (including phenoxy) is 2. The van der Waals surface area contributed by atoms with E-state index in [1.165, 1.54) is 0 Å². The molecular weight excluding hydrogens is 220 g/mol.